The minimum absolute atomic E-state index is 0.123. The van der Waals surface area contributed by atoms with E-state index in [-0.39, 0.29) is 5.91 Å². The van der Waals surface area contributed by atoms with Crippen molar-refractivity contribution < 1.29 is 9.32 Å². The zero-order valence-corrected chi connectivity index (χ0v) is 11.4. The number of amides is 1. The monoisotopic (exact) mass is 263 g/mol. The van der Waals surface area contributed by atoms with Crippen molar-refractivity contribution in [1.82, 2.24) is 15.4 Å². The van der Waals surface area contributed by atoms with Gasteiger partial charge in [-0.05, 0) is 45.7 Å². The highest BCUT2D eigenvalue weighted by molar-refractivity contribution is 5.92. The molecule has 1 aliphatic carbocycles. The Labute approximate surface area is 113 Å². The summed E-state index contributed by atoms with van der Waals surface area (Å²) >= 11 is 0. The van der Waals surface area contributed by atoms with Gasteiger partial charge in [0.05, 0.1) is 0 Å². The maximum absolute atomic E-state index is 12.0. The molecule has 0 aromatic carbocycles. The average molecular weight is 263 g/mol. The van der Waals surface area contributed by atoms with E-state index in [0.717, 1.165) is 31.7 Å². The van der Waals surface area contributed by atoms with E-state index < -0.39 is 0 Å². The third-order valence-corrected chi connectivity index (χ3v) is 4.06. The molecule has 104 valence electrons. The molecular weight excluding hydrogens is 242 g/mol. The number of carbonyl (C=O) groups is 1. The van der Waals surface area contributed by atoms with Crippen LogP contribution in [0.4, 0.5) is 0 Å². The lowest BCUT2D eigenvalue weighted by Gasteiger charge is -2.23. The molecule has 5 nitrogen and oxygen atoms in total. The summed E-state index contributed by atoms with van der Waals surface area (Å²) in [6, 6.07) is 2.18. The number of aromatic nitrogens is 1. The van der Waals surface area contributed by atoms with Crippen molar-refractivity contribution in [2.75, 3.05) is 19.6 Å². The predicted octanol–water partition coefficient (Wildman–Crippen LogP) is 1.77. The molecule has 1 saturated carbocycles. The zero-order chi connectivity index (χ0) is 13.2. The van der Waals surface area contributed by atoms with E-state index in [4.69, 9.17) is 4.52 Å². The molecule has 1 aromatic heterocycles. The fourth-order valence-corrected chi connectivity index (χ4v) is 2.60. The van der Waals surface area contributed by atoms with E-state index in [2.05, 4.69) is 22.3 Å². The quantitative estimate of drug-likeness (QED) is 0.879. The Hall–Kier alpha value is -1.36. The first-order chi connectivity index (χ1) is 9.24. The fourth-order valence-electron chi connectivity index (χ4n) is 2.60. The lowest BCUT2D eigenvalue weighted by atomic mass is 10.2. The van der Waals surface area contributed by atoms with E-state index in [1.807, 2.05) is 0 Å². The number of hydrogen-bond donors (Lipinski definition) is 1. The lowest BCUT2D eigenvalue weighted by molar-refractivity contribution is 0.0931. The molecule has 1 saturated heterocycles. The van der Waals surface area contributed by atoms with Crippen molar-refractivity contribution in [3.63, 3.8) is 0 Å². The Morgan fingerprint density at radius 2 is 2.26 bits per heavy atom. The van der Waals surface area contributed by atoms with Crippen LogP contribution in [0.15, 0.2) is 10.6 Å². The Morgan fingerprint density at radius 3 is 2.95 bits per heavy atom. The van der Waals surface area contributed by atoms with Gasteiger partial charge in [-0.3, -0.25) is 9.69 Å². The fraction of sp³-hybridized carbons (Fsp3) is 0.714. The molecule has 1 aromatic rings. The molecule has 3 rings (SSSR count). The smallest absolute Gasteiger partial charge is 0.273 e. The number of hydrogen-bond acceptors (Lipinski definition) is 4. The topological polar surface area (TPSA) is 58.4 Å². The van der Waals surface area contributed by atoms with Crippen molar-refractivity contribution >= 4 is 5.91 Å². The zero-order valence-electron chi connectivity index (χ0n) is 11.4. The normalized spacial score (nSPS) is 21.5. The van der Waals surface area contributed by atoms with Gasteiger partial charge < -0.3 is 9.84 Å². The van der Waals surface area contributed by atoms with E-state index in [0.29, 0.717) is 24.2 Å². The molecule has 0 bridgehead atoms. The van der Waals surface area contributed by atoms with Crippen LogP contribution < -0.4 is 5.32 Å². The van der Waals surface area contributed by atoms with E-state index in [9.17, 15) is 4.79 Å². The van der Waals surface area contributed by atoms with Crippen LogP contribution in [0, 0.1) is 0 Å². The predicted molar refractivity (Wildman–Crippen MR) is 71.1 cm³/mol. The van der Waals surface area contributed by atoms with Crippen molar-refractivity contribution in [3.8, 4) is 0 Å². The Bertz CT molecular complexity index is 447. The summed E-state index contributed by atoms with van der Waals surface area (Å²) in [5, 5.41) is 6.80. The van der Waals surface area contributed by atoms with Gasteiger partial charge in [0.1, 0.15) is 5.76 Å². The van der Waals surface area contributed by atoms with Crippen LogP contribution >= 0.6 is 0 Å². The number of carbonyl (C=O) groups excluding carboxylic acids is 1. The Morgan fingerprint density at radius 1 is 1.53 bits per heavy atom. The van der Waals surface area contributed by atoms with Crippen LogP contribution in [0.2, 0.25) is 0 Å². The summed E-state index contributed by atoms with van der Waals surface area (Å²) in [6.07, 6.45) is 4.85. The van der Waals surface area contributed by atoms with Gasteiger partial charge in [0.2, 0.25) is 0 Å². The summed E-state index contributed by atoms with van der Waals surface area (Å²) in [7, 11) is 0. The van der Waals surface area contributed by atoms with Gasteiger partial charge >= 0.3 is 0 Å². The maximum Gasteiger partial charge on any atom is 0.273 e. The second-order valence-corrected chi connectivity index (χ2v) is 5.69. The molecule has 0 unspecified atom stereocenters. The maximum atomic E-state index is 12.0. The van der Waals surface area contributed by atoms with Crippen LogP contribution in [0.3, 0.4) is 0 Å². The average Bonchev–Trinajstić information content (AvgIpc) is 2.96. The highest BCUT2D eigenvalue weighted by Gasteiger charge is 2.29. The van der Waals surface area contributed by atoms with Crippen LogP contribution in [-0.2, 0) is 0 Å². The molecule has 1 aliphatic heterocycles. The van der Waals surface area contributed by atoms with Crippen LogP contribution in [0.1, 0.15) is 54.8 Å². The van der Waals surface area contributed by atoms with Crippen LogP contribution in [-0.4, -0.2) is 41.6 Å². The van der Waals surface area contributed by atoms with Crippen molar-refractivity contribution in [2.24, 2.45) is 0 Å². The van der Waals surface area contributed by atoms with Gasteiger partial charge in [0.15, 0.2) is 5.69 Å². The number of nitrogens with zero attached hydrogens (tertiary/aromatic N) is 2. The van der Waals surface area contributed by atoms with Crippen molar-refractivity contribution in [2.45, 2.75) is 44.6 Å². The summed E-state index contributed by atoms with van der Waals surface area (Å²) < 4.78 is 5.20. The first-order valence-corrected chi connectivity index (χ1v) is 7.23. The van der Waals surface area contributed by atoms with Crippen LogP contribution in [0.5, 0.6) is 0 Å². The molecule has 2 heterocycles. The molecule has 0 spiro atoms. The third-order valence-electron chi connectivity index (χ3n) is 4.06. The summed E-state index contributed by atoms with van der Waals surface area (Å²) in [5.74, 6) is 1.23. The molecule has 1 atom stereocenters. The molecule has 0 radical (unpaired) electrons. The first kappa shape index (κ1) is 12.7. The number of nitrogens with one attached hydrogen (secondary N) is 1. The number of rotatable bonds is 5. The van der Waals surface area contributed by atoms with Gasteiger partial charge in [0, 0.05) is 24.6 Å². The molecule has 5 heteroatoms. The Kier molecular flexibility index (Phi) is 3.55. The molecule has 2 fully saturated rings. The van der Waals surface area contributed by atoms with Crippen molar-refractivity contribution in [1.29, 1.82) is 0 Å². The second kappa shape index (κ2) is 5.33. The second-order valence-electron chi connectivity index (χ2n) is 5.69. The van der Waals surface area contributed by atoms with Crippen LogP contribution in [0.25, 0.3) is 0 Å². The molecule has 2 aliphatic rings. The minimum atomic E-state index is -0.123. The van der Waals surface area contributed by atoms with Gasteiger partial charge in [-0.1, -0.05) is 5.16 Å². The summed E-state index contributed by atoms with van der Waals surface area (Å²) in [4.78, 5) is 14.4. The molecule has 1 N–H and O–H groups in total. The SMILES string of the molecule is C[C@@H](CNC(=O)c1cc(C2CC2)on1)N1CCCC1. The largest absolute Gasteiger partial charge is 0.360 e. The van der Waals surface area contributed by atoms with Gasteiger partial charge in [-0.15, -0.1) is 0 Å². The molecular formula is C14H21N3O2. The van der Waals surface area contributed by atoms with E-state index >= 15 is 0 Å². The van der Waals surface area contributed by atoms with Gasteiger partial charge in [0.25, 0.3) is 5.91 Å². The summed E-state index contributed by atoms with van der Waals surface area (Å²) in [5.41, 5.74) is 0.413. The Balaban J connectivity index is 1.49. The third kappa shape index (κ3) is 2.97. The standard InChI is InChI=1S/C14H21N3O2/c1-10(17-6-2-3-7-17)9-15-14(18)12-8-13(19-16-12)11-4-5-11/h8,10-11H,2-7,9H2,1H3,(H,15,18)/t10-/m0/s1. The number of likely N-dealkylation sites (tertiary alicyclic amines) is 1. The highest BCUT2D eigenvalue weighted by Crippen LogP contribution is 2.40. The molecule has 1 amide bonds. The van der Waals surface area contributed by atoms with E-state index in [1.54, 1.807) is 6.07 Å². The first-order valence-electron chi connectivity index (χ1n) is 7.23. The lowest BCUT2D eigenvalue weighted by Crippen LogP contribution is -2.40. The van der Waals surface area contributed by atoms with E-state index in [1.165, 1.54) is 12.8 Å². The van der Waals surface area contributed by atoms with Crippen molar-refractivity contribution in [3.05, 3.63) is 17.5 Å². The summed E-state index contributed by atoms with van der Waals surface area (Å²) in [6.45, 7) is 5.12. The minimum Gasteiger partial charge on any atom is -0.360 e. The highest BCUT2D eigenvalue weighted by atomic mass is 16.5. The van der Waals surface area contributed by atoms with Gasteiger partial charge in [-0.2, -0.15) is 0 Å². The molecule has 19 heavy (non-hydrogen) atoms. The van der Waals surface area contributed by atoms with Gasteiger partial charge in [-0.25, -0.2) is 0 Å².